The molecule has 0 saturated carbocycles. The summed E-state index contributed by atoms with van der Waals surface area (Å²) in [6.07, 6.45) is 2.01. The van der Waals surface area contributed by atoms with E-state index < -0.39 is 0 Å². The van der Waals surface area contributed by atoms with Crippen molar-refractivity contribution in [2.75, 3.05) is 19.8 Å². The van der Waals surface area contributed by atoms with Gasteiger partial charge in [-0.2, -0.15) is 0 Å². The highest BCUT2D eigenvalue weighted by molar-refractivity contribution is 5.36. The molecule has 1 unspecified atom stereocenters. The largest absolute Gasteiger partial charge is 0.493 e. The van der Waals surface area contributed by atoms with Gasteiger partial charge in [-0.25, -0.2) is 4.39 Å². The van der Waals surface area contributed by atoms with Crippen LogP contribution in [0.5, 0.6) is 5.75 Å². The normalized spacial score (nSPS) is 18.6. The Morgan fingerprint density at radius 1 is 1.44 bits per heavy atom. The Bertz CT molecular complexity index is 389. The van der Waals surface area contributed by atoms with Crippen molar-refractivity contribution in [1.82, 2.24) is 0 Å². The molecular formula is C14H20FNO2. The SMILES string of the molecule is CC(N)c1ccc(F)cc1OCC1CCOCC1. The summed E-state index contributed by atoms with van der Waals surface area (Å²) in [6, 6.07) is 4.37. The first-order chi connectivity index (χ1) is 8.66. The van der Waals surface area contributed by atoms with Gasteiger partial charge in [-0.3, -0.25) is 0 Å². The number of rotatable bonds is 4. The number of halogens is 1. The molecule has 1 heterocycles. The molecule has 100 valence electrons. The van der Waals surface area contributed by atoms with Gasteiger partial charge in [-0.1, -0.05) is 6.07 Å². The van der Waals surface area contributed by atoms with Crippen molar-refractivity contribution in [3.63, 3.8) is 0 Å². The third-order valence-corrected chi connectivity index (χ3v) is 3.28. The van der Waals surface area contributed by atoms with Gasteiger partial charge in [0.2, 0.25) is 0 Å². The van der Waals surface area contributed by atoms with Crippen molar-refractivity contribution in [2.24, 2.45) is 11.7 Å². The van der Waals surface area contributed by atoms with E-state index in [1.807, 2.05) is 6.92 Å². The highest BCUT2D eigenvalue weighted by atomic mass is 19.1. The fourth-order valence-electron chi connectivity index (χ4n) is 2.13. The van der Waals surface area contributed by atoms with Crippen molar-refractivity contribution in [1.29, 1.82) is 0 Å². The van der Waals surface area contributed by atoms with Crippen LogP contribution < -0.4 is 10.5 Å². The van der Waals surface area contributed by atoms with Crippen LogP contribution >= 0.6 is 0 Å². The number of hydrogen-bond acceptors (Lipinski definition) is 3. The van der Waals surface area contributed by atoms with Crippen molar-refractivity contribution in [2.45, 2.75) is 25.8 Å². The van der Waals surface area contributed by atoms with E-state index in [9.17, 15) is 4.39 Å². The zero-order valence-corrected chi connectivity index (χ0v) is 10.7. The lowest BCUT2D eigenvalue weighted by atomic mass is 10.0. The Morgan fingerprint density at radius 3 is 2.83 bits per heavy atom. The molecule has 1 aromatic rings. The molecule has 3 nitrogen and oxygen atoms in total. The van der Waals surface area contributed by atoms with E-state index in [2.05, 4.69) is 0 Å². The zero-order chi connectivity index (χ0) is 13.0. The van der Waals surface area contributed by atoms with Gasteiger partial charge < -0.3 is 15.2 Å². The molecule has 2 rings (SSSR count). The molecule has 18 heavy (non-hydrogen) atoms. The van der Waals surface area contributed by atoms with Crippen molar-refractivity contribution in [3.8, 4) is 5.75 Å². The average molecular weight is 253 g/mol. The molecule has 0 bridgehead atoms. The molecule has 1 aromatic carbocycles. The maximum atomic E-state index is 13.2. The summed E-state index contributed by atoms with van der Waals surface area (Å²) in [7, 11) is 0. The molecule has 1 atom stereocenters. The number of ether oxygens (including phenoxy) is 2. The van der Waals surface area contributed by atoms with Crippen LogP contribution in [0.15, 0.2) is 18.2 Å². The van der Waals surface area contributed by atoms with Gasteiger partial charge in [0.25, 0.3) is 0 Å². The van der Waals surface area contributed by atoms with Crippen LogP contribution in [-0.2, 0) is 4.74 Å². The molecule has 4 heteroatoms. The van der Waals surface area contributed by atoms with Gasteiger partial charge >= 0.3 is 0 Å². The lowest BCUT2D eigenvalue weighted by molar-refractivity contribution is 0.0495. The number of nitrogens with two attached hydrogens (primary N) is 1. The summed E-state index contributed by atoms with van der Waals surface area (Å²) in [5.74, 6) is 0.765. The summed E-state index contributed by atoms with van der Waals surface area (Å²) < 4.78 is 24.3. The van der Waals surface area contributed by atoms with Crippen LogP contribution in [0.2, 0.25) is 0 Å². The Balaban J connectivity index is 2.00. The van der Waals surface area contributed by atoms with Gasteiger partial charge in [-0.15, -0.1) is 0 Å². The predicted octanol–water partition coefficient (Wildman–Crippen LogP) is 2.65. The van der Waals surface area contributed by atoms with E-state index in [0.717, 1.165) is 31.6 Å². The molecule has 1 fully saturated rings. The fraction of sp³-hybridized carbons (Fsp3) is 0.571. The van der Waals surface area contributed by atoms with Gasteiger partial charge in [0, 0.05) is 30.9 Å². The summed E-state index contributed by atoms with van der Waals surface area (Å²) in [6.45, 7) is 4.05. The van der Waals surface area contributed by atoms with E-state index in [-0.39, 0.29) is 11.9 Å². The molecule has 1 aliphatic heterocycles. The second kappa shape index (κ2) is 6.16. The summed E-state index contributed by atoms with van der Waals surface area (Å²) in [5.41, 5.74) is 6.70. The summed E-state index contributed by atoms with van der Waals surface area (Å²) in [5, 5.41) is 0. The van der Waals surface area contributed by atoms with Gasteiger partial charge in [-0.05, 0) is 31.7 Å². The van der Waals surface area contributed by atoms with E-state index in [4.69, 9.17) is 15.2 Å². The maximum absolute atomic E-state index is 13.2. The second-order valence-corrected chi connectivity index (χ2v) is 4.84. The van der Waals surface area contributed by atoms with Crippen molar-refractivity contribution < 1.29 is 13.9 Å². The average Bonchev–Trinajstić information content (AvgIpc) is 2.37. The standard InChI is InChI=1S/C14H20FNO2/c1-10(16)13-3-2-12(15)8-14(13)18-9-11-4-6-17-7-5-11/h2-3,8,10-11H,4-7,9,16H2,1H3. The topological polar surface area (TPSA) is 44.5 Å². The monoisotopic (exact) mass is 253 g/mol. The Labute approximate surface area is 107 Å². The molecule has 0 spiro atoms. The minimum absolute atomic E-state index is 0.157. The van der Waals surface area contributed by atoms with Crippen molar-refractivity contribution >= 4 is 0 Å². The number of benzene rings is 1. The zero-order valence-electron chi connectivity index (χ0n) is 10.7. The lowest BCUT2D eigenvalue weighted by Crippen LogP contribution is -2.22. The first-order valence-corrected chi connectivity index (χ1v) is 6.42. The first-order valence-electron chi connectivity index (χ1n) is 6.42. The predicted molar refractivity (Wildman–Crippen MR) is 68.0 cm³/mol. The van der Waals surface area contributed by atoms with Crippen LogP contribution in [0.4, 0.5) is 4.39 Å². The fourth-order valence-corrected chi connectivity index (χ4v) is 2.13. The Kier molecular flexibility index (Phi) is 4.55. The highest BCUT2D eigenvalue weighted by Crippen LogP contribution is 2.26. The van der Waals surface area contributed by atoms with E-state index in [1.54, 1.807) is 6.07 Å². The van der Waals surface area contributed by atoms with E-state index in [0.29, 0.717) is 18.3 Å². The molecule has 2 N–H and O–H groups in total. The summed E-state index contributed by atoms with van der Waals surface area (Å²) in [4.78, 5) is 0. The number of hydrogen-bond donors (Lipinski definition) is 1. The third-order valence-electron chi connectivity index (χ3n) is 3.28. The lowest BCUT2D eigenvalue weighted by Gasteiger charge is -2.23. The van der Waals surface area contributed by atoms with Crippen molar-refractivity contribution in [3.05, 3.63) is 29.6 Å². The van der Waals surface area contributed by atoms with Gasteiger partial charge in [0.05, 0.1) is 6.61 Å². The van der Waals surface area contributed by atoms with Gasteiger partial charge in [0.1, 0.15) is 11.6 Å². The first kappa shape index (κ1) is 13.3. The van der Waals surface area contributed by atoms with Gasteiger partial charge in [0.15, 0.2) is 0 Å². The minimum atomic E-state index is -0.290. The molecule has 0 amide bonds. The molecule has 0 aromatic heterocycles. The maximum Gasteiger partial charge on any atom is 0.126 e. The molecule has 0 radical (unpaired) electrons. The highest BCUT2D eigenvalue weighted by Gasteiger charge is 2.16. The molecular weight excluding hydrogens is 233 g/mol. The summed E-state index contributed by atoms with van der Waals surface area (Å²) >= 11 is 0. The third kappa shape index (κ3) is 3.43. The molecule has 0 aliphatic carbocycles. The van der Waals surface area contributed by atoms with E-state index in [1.165, 1.54) is 12.1 Å². The second-order valence-electron chi connectivity index (χ2n) is 4.84. The Hall–Kier alpha value is -1.13. The minimum Gasteiger partial charge on any atom is -0.493 e. The van der Waals surface area contributed by atoms with Crippen LogP contribution in [-0.4, -0.2) is 19.8 Å². The van der Waals surface area contributed by atoms with E-state index >= 15 is 0 Å². The molecule has 1 aliphatic rings. The smallest absolute Gasteiger partial charge is 0.126 e. The van der Waals surface area contributed by atoms with Crippen LogP contribution in [0.25, 0.3) is 0 Å². The quantitative estimate of drug-likeness (QED) is 0.897. The Morgan fingerprint density at radius 2 is 2.17 bits per heavy atom. The van der Waals surface area contributed by atoms with Crippen LogP contribution in [0.1, 0.15) is 31.4 Å². The molecule has 1 saturated heterocycles. The van der Waals surface area contributed by atoms with Crippen LogP contribution in [0.3, 0.4) is 0 Å². The van der Waals surface area contributed by atoms with Crippen LogP contribution in [0, 0.1) is 11.7 Å².